The van der Waals surface area contributed by atoms with Crippen molar-refractivity contribution in [1.82, 2.24) is 0 Å². The third-order valence-corrected chi connectivity index (χ3v) is 4.92. The highest BCUT2D eigenvalue weighted by Gasteiger charge is 2.38. The predicted molar refractivity (Wildman–Crippen MR) is 95.2 cm³/mol. The molecule has 1 heterocycles. The molecule has 3 aromatic carbocycles. The maximum Gasteiger partial charge on any atom is 0.217 e. The fraction of sp³-hybridized carbons (Fsp3) is 0.136. The van der Waals surface area contributed by atoms with Gasteiger partial charge in [-0.25, -0.2) is 4.99 Å². The number of hydrogen-bond acceptors (Lipinski definition) is 2. The number of nitrogens with zero attached hydrogens (tertiary/aromatic N) is 1. The fourth-order valence-corrected chi connectivity index (χ4v) is 3.76. The van der Waals surface area contributed by atoms with Crippen molar-refractivity contribution >= 4 is 5.90 Å². The van der Waals surface area contributed by atoms with Crippen LogP contribution >= 0.6 is 0 Å². The fourth-order valence-electron chi connectivity index (χ4n) is 3.76. The largest absolute Gasteiger partial charge is 0.467 e. The van der Waals surface area contributed by atoms with Crippen LogP contribution in [0.2, 0.25) is 0 Å². The second-order valence-electron chi connectivity index (χ2n) is 6.36. The molecule has 0 saturated heterocycles. The van der Waals surface area contributed by atoms with E-state index in [0.717, 1.165) is 17.9 Å². The molecule has 0 unspecified atom stereocenters. The molecule has 2 heteroatoms. The molecule has 3 aromatic rings. The van der Waals surface area contributed by atoms with Crippen LogP contribution in [0.3, 0.4) is 0 Å². The molecular weight excluding hydrogens is 294 g/mol. The molecule has 1 aliphatic carbocycles. The highest BCUT2D eigenvalue weighted by Crippen LogP contribution is 2.46. The number of aliphatic imine (C=N–C) groups is 1. The lowest BCUT2D eigenvalue weighted by atomic mass is 9.97. The van der Waals surface area contributed by atoms with Crippen LogP contribution in [-0.2, 0) is 11.2 Å². The van der Waals surface area contributed by atoms with Crippen LogP contribution in [0.1, 0.15) is 40.0 Å². The van der Waals surface area contributed by atoms with E-state index in [9.17, 15) is 0 Å². The minimum Gasteiger partial charge on any atom is -0.467 e. The van der Waals surface area contributed by atoms with Crippen molar-refractivity contribution in [1.29, 1.82) is 0 Å². The van der Waals surface area contributed by atoms with Crippen molar-refractivity contribution < 1.29 is 4.74 Å². The molecule has 0 spiro atoms. The zero-order chi connectivity index (χ0) is 15.9. The summed E-state index contributed by atoms with van der Waals surface area (Å²) in [6, 6.07) is 27.4. The summed E-state index contributed by atoms with van der Waals surface area (Å²) in [6.07, 6.45) is 0.902. The summed E-state index contributed by atoms with van der Waals surface area (Å²) in [6.45, 7) is 0. The normalized spacial score (nSPS) is 20.9. The van der Waals surface area contributed by atoms with Crippen molar-refractivity contribution in [3.8, 4) is 0 Å². The summed E-state index contributed by atoms with van der Waals surface area (Å²) in [7, 11) is 0. The lowest BCUT2D eigenvalue weighted by Gasteiger charge is -2.18. The van der Waals surface area contributed by atoms with Gasteiger partial charge in [0.25, 0.3) is 0 Å². The van der Waals surface area contributed by atoms with Crippen LogP contribution in [0.15, 0.2) is 83.9 Å². The monoisotopic (exact) mass is 311 g/mol. The first-order chi connectivity index (χ1) is 11.9. The first-order valence-corrected chi connectivity index (χ1v) is 8.35. The Bertz CT molecular complexity index is 929. The van der Waals surface area contributed by atoms with Gasteiger partial charge >= 0.3 is 0 Å². The zero-order valence-electron chi connectivity index (χ0n) is 13.2. The molecule has 0 fully saturated rings. The Kier molecular flexibility index (Phi) is 3.02. The molecule has 1 aliphatic heterocycles. The van der Waals surface area contributed by atoms with Gasteiger partial charge in [-0.05, 0) is 40.8 Å². The molecule has 0 aromatic heterocycles. The van der Waals surface area contributed by atoms with Crippen molar-refractivity contribution in [2.24, 2.45) is 4.99 Å². The lowest BCUT2D eigenvalue weighted by Crippen LogP contribution is -2.09. The zero-order valence-corrected chi connectivity index (χ0v) is 13.2. The molecule has 116 valence electrons. The molecule has 0 saturated carbocycles. The van der Waals surface area contributed by atoms with Gasteiger partial charge < -0.3 is 4.74 Å². The summed E-state index contributed by atoms with van der Waals surface area (Å²) in [5.41, 5.74) is 6.26. The number of rotatable bonds is 1. The van der Waals surface area contributed by atoms with Crippen molar-refractivity contribution in [2.45, 2.75) is 18.6 Å². The van der Waals surface area contributed by atoms with E-state index < -0.39 is 0 Å². The first-order valence-electron chi connectivity index (χ1n) is 8.35. The summed E-state index contributed by atoms with van der Waals surface area (Å²) in [5, 5.41) is 0. The third-order valence-electron chi connectivity index (χ3n) is 4.92. The topological polar surface area (TPSA) is 21.6 Å². The lowest BCUT2D eigenvalue weighted by molar-refractivity contribution is 0.197. The summed E-state index contributed by atoms with van der Waals surface area (Å²) in [5.74, 6) is 0.747. The Morgan fingerprint density at radius 2 is 1.33 bits per heavy atom. The Hall–Kier alpha value is -2.87. The maximum atomic E-state index is 6.36. The van der Waals surface area contributed by atoms with Crippen molar-refractivity contribution in [3.05, 3.63) is 107 Å². The van der Waals surface area contributed by atoms with Gasteiger partial charge in [0.1, 0.15) is 6.04 Å². The van der Waals surface area contributed by atoms with Gasteiger partial charge in [-0.3, -0.25) is 0 Å². The van der Waals surface area contributed by atoms with Gasteiger partial charge in [-0.1, -0.05) is 66.7 Å². The van der Waals surface area contributed by atoms with Crippen LogP contribution in [0, 0.1) is 0 Å². The van der Waals surface area contributed by atoms with E-state index in [0.29, 0.717) is 0 Å². The smallest absolute Gasteiger partial charge is 0.217 e. The number of hydrogen-bond donors (Lipinski definition) is 0. The highest BCUT2D eigenvalue weighted by atomic mass is 16.5. The van der Waals surface area contributed by atoms with Gasteiger partial charge in [0.05, 0.1) is 0 Å². The van der Waals surface area contributed by atoms with Crippen LogP contribution in [0.25, 0.3) is 0 Å². The molecule has 0 radical (unpaired) electrons. The molecule has 2 aliphatic rings. The van der Waals surface area contributed by atoms with Gasteiger partial charge in [-0.15, -0.1) is 0 Å². The van der Waals surface area contributed by atoms with E-state index in [2.05, 4.69) is 60.7 Å². The second kappa shape index (κ2) is 5.34. The Balaban J connectivity index is 1.69. The van der Waals surface area contributed by atoms with Gasteiger partial charge in [0.15, 0.2) is 6.10 Å². The van der Waals surface area contributed by atoms with E-state index in [-0.39, 0.29) is 12.1 Å². The standard InChI is InChI=1S/C22H17NO/c1-2-8-15(9-3-1)22-23-20-18-12-6-4-10-16(18)14-17-11-5-7-13-19(17)21(20)24-22/h1-13,20-21H,14H2/t20-,21-/m1/s1. The molecule has 0 bridgehead atoms. The van der Waals surface area contributed by atoms with Crippen molar-refractivity contribution in [3.63, 3.8) is 0 Å². The SMILES string of the molecule is c1ccc(C2=N[C@@H]3c4ccccc4Cc4ccccc4[C@H]3O2)cc1. The van der Waals surface area contributed by atoms with Crippen LogP contribution in [-0.4, -0.2) is 5.90 Å². The molecular formula is C22H17NO. The number of benzene rings is 3. The van der Waals surface area contributed by atoms with E-state index in [1.165, 1.54) is 22.3 Å². The van der Waals surface area contributed by atoms with E-state index >= 15 is 0 Å². The average Bonchev–Trinajstić information content (AvgIpc) is 3.03. The Morgan fingerprint density at radius 3 is 2.12 bits per heavy atom. The number of fused-ring (bicyclic) bond motifs is 5. The van der Waals surface area contributed by atoms with Gasteiger partial charge in [-0.2, -0.15) is 0 Å². The molecule has 24 heavy (non-hydrogen) atoms. The minimum atomic E-state index is -0.0416. The quantitative estimate of drug-likeness (QED) is 0.629. The Labute approximate surface area is 141 Å². The van der Waals surface area contributed by atoms with E-state index in [1.54, 1.807) is 0 Å². The molecule has 2 nitrogen and oxygen atoms in total. The van der Waals surface area contributed by atoms with Crippen LogP contribution < -0.4 is 0 Å². The molecule has 0 amide bonds. The van der Waals surface area contributed by atoms with E-state index in [4.69, 9.17) is 9.73 Å². The Morgan fingerprint density at radius 1 is 0.708 bits per heavy atom. The van der Waals surface area contributed by atoms with E-state index in [1.807, 2.05) is 18.2 Å². The molecule has 2 atom stereocenters. The molecule has 5 rings (SSSR count). The average molecular weight is 311 g/mol. The van der Waals surface area contributed by atoms with Crippen LogP contribution in [0.5, 0.6) is 0 Å². The third kappa shape index (κ3) is 2.07. The van der Waals surface area contributed by atoms with Gasteiger partial charge in [0, 0.05) is 5.56 Å². The summed E-state index contributed by atoms with van der Waals surface area (Å²) in [4.78, 5) is 4.97. The number of ether oxygens (including phenoxy) is 1. The van der Waals surface area contributed by atoms with Crippen LogP contribution in [0.4, 0.5) is 0 Å². The predicted octanol–water partition coefficient (Wildman–Crippen LogP) is 4.85. The summed E-state index contributed by atoms with van der Waals surface area (Å²) < 4.78 is 6.36. The first kappa shape index (κ1) is 13.6. The maximum absolute atomic E-state index is 6.36. The highest BCUT2D eigenvalue weighted by molar-refractivity contribution is 5.95. The minimum absolute atomic E-state index is 0.0278. The molecule has 0 N–H and O–H groups in total. The van der Waals surface area contributed by atoms with Crippen molar-refractivity contribution in [2.75, 3.05) is 0 Å². The second-order valence-corrected chi connectivity index (χ2v) is 6.36. The summed E-state index contributed by atoms with van der Waals surface area (Å²) >= 11 is 0. The van der Waals surface area contributed by atoms with Gasteiger partial charge in [0.2, 0.25) is 5.90 Å².